The summed E-state index contributed by atoms with van der Waals surface area (Å²) in [6, 6.07) is 4.55. The molecular weight excluding hydrogens is 150 g/mol. The molecule has 1 aliphatic rings. The van der Waals surface area contributed by atoms with Crippen LogP contribution < -0.4 is 5.32 Å². The van der Waals surface area contributed by atoms with Gasteiger partial charge in [0.1, 0.15) is 11.5 Å². The molecule has 1 heterocycles. The maximum atomic E-state index is 5.58. The normalized spacial score (nSPS) is 19.5. The van der Waals surface area contributed by atoms with Crippen LogP contribution in [0.3, 0.4) is 0 Å². The summed E-state index contributed by atoms with van der Waals surface area (Å²) in [5.74, 6) is 2.91. The lowest BCUT2D eigenvalue weighted by Crippen LogP contribution is -2.17. The highest BCUT2D eigenvalue weighted by Gasteiger charge is 2.32. The van der Waals surface area contributed by atoms with Crippen molar-refractivity contribution in [3.63, 3.8) is 0 Å². The second-order valence-electron chi connectivity index (χ2n) is 3.55. The number of rotatable bonds is 3. The van der Waals surface area contributed by atoms with Crippen LogP contribution in [0, 0.1) is 12.8 Å². The minimum atomic E-state index is 0.443. The highest BCUT2D eigenvalue weighted by atomic mass is 16.3. The SMILES string of the molecule is CNC(c1ccc(C)o1)C1CC1. The average molecular weight is 165 g/mol. The lowest BCUT2D eigenvalue weighted by atomic mass is 10.1. The van der Waals surface area contributed by atoms with E-state index in [0.717, 1.165) is 17.4 Å². The van der Waals surface area contributed by atoms with Gasteiger partial charge in [-0.25, -0.2) is 0 Å². The predicted octanol–water partition coefficient (Wildman–Crippen LogP) is 2.26. The molecule has 66 valence electrons. The third-order valence-electron chi connectivity index (χ3n) is 2.47. The Kier molecular flexibility index (Phi) is 1.93. The summed E-state index contributed by atoms with van der Waals surface area (Å²) in [6.45, 7) is 1.99. The molecule has 1 unspecified atom stereocenters. The van der Waals surface area contributed by atoms with Crippen molar-refractivity contribution < 1.29 is 4.42 Å². The lowest BCUT2D eigenvalue weighted by molar-refractivity contribution is 0.391. The Morgan fingerprint density at radius 2 is 2.25 bits per heavy atom. The third kappa shape index (κ3) is 1.39. The van der Waals surface area contributed by atoms with E-state index in [2.05, 4.69) is 11.4 Å². The molecule has 0 radical (unpaired) electrons. The van der Waals surface area contributed by atoms with E-state index < -0.39 is 0 Å². The van der Waals surface area contributed by atoms with Crippen LogP contribution in [0.4, 0.5) is 0 Å². The Labute approximate surface area is 73.0 Å². The van der Waals surface area contributed by atoms with Crippen LogP contribution in [-0.2, 0) is 0 Å². The second-order valence-corrected chi connectivity index (χ2v) is 3.55. The topological polar surface area (TPSA) is 25.2 Å². The second kappa shape index (κ2) is 2.94. The van der Waals surface area contributed by atoms with Crippen molar-refractivity contribution >= 4 is 0 Å². The molecule has 0 amide bonds. The summed E-state index contributed by atoms with van der Waals surface area (Å²) in [7, 11) is 2.00. The summed E-state index contributed by atoms with van der Waals surface area (Å²) in [5.41, 5.74) is 0. The molecule has 2 rings (SSSR count). The van der Waals surface area contributed by atoms with Crippen LogP contribution in [0.25, 0.3) is 0 Å². The van der Waals surface area contributed by atoms with Gasteiger partial charge in [-0.05, 0) is 44.9 Å². The molecule has 1 aliphatic carbocycles. The van der Waals surface area contributed by atoms with Crippen LogP contribution in [0.15, 0.2) is 16.5 Å². The van der Waals surface area contributed by atoms with Crippen LogP contribution in [0.2, 0.25) is 0 Å². The van der Waals surface area contributed by atoms with Crippen LogP contribution in [0.5, 0.6) is 0 Å². The van der Waals surface area contributed by atoms with Gasteiger partial charge >= 0.3 is 0 Å². The van der Waals surface area contributed by atoms with Crippen LogP contribution in [-0.4, -0.2) is 7.05 Å². The molecule has 1 N–H and O–H groups in total. The van der Waals surface area contributed by atoms with E-state index >= 15 is 0 Å². The van der Waals surface area contributed by atoms with Crippen molar-refractivity contribution in [1.82, 2.24) is 5.32 Å². The maximum Gasteiger partial charge on any atom is 0.121 e. The van der Waals surface area contributed by atoms with Gasteiger partial charge in [-0.15, -0.1) is 0 Å². The van der Waals surface area contributed by atoms with Gasteiger partial charge in [-0.1, -0.05) is 0 Å². The van der Waals surface area contributed by atoms with Gasteiger partial charge in [0.05, 0.1) is 6.04 Å². The summed E-state index contributed by atoms with van der Waals surface area (Å²) in [5, 5.41) is 3.30. The first-order valence-corrected chi connectivity index (χ1v) is 4.55. The standard InChI is InChI=1S/C10H15NO/c1-7-3-6-9(12-7)10(11-2)8-4-5-8/h3,6,8,10-11H,4-5H2,1-2H3. The zero-order valence-corrected chi connectivity index (χ0v) is 7.63. The van der Waals surface area contributed by atoms with E-state index in [1.165, 1.54) is 12.8 Å². The molecule has 2 nitrogen and oxygen atoms in total. The van der Waals surface area contributed by atoms with Gasteiger partial charge in [0.25, 0.3) is 0 Å². The average Bonchev–Trinajstić information content (AvgIpc) is 2.78. The molecule has 1 atom stereocenters. The van der Waals surface area contributed by atoms with Crippen molar-refractivity contribution in [2.24, 2.45) is 5.92 Å². The summed E-state index contributed by atoms with van der Waals surface area (Å²) in [6.07, 6.45) is 2.68. The molecule has 0 bridgehead atoms. The molecule has 0 spiro atoms. The largest absolute Gasteiger partial charge is 0.465 e. The molecule has 0 aromatic carbocycles. The Morgan fingerprint density at radius 1 is 1.50 bits per heavy atom. The highest BCUT2D eigenvalue weighted by Crippen LogP contribution is 2.41. The van der Waals surface area contributed by atoms with Crippen molar-refractivity contribution in [3.05, 3.63) is 23.7 Å². The Balaban J connectivity index is 2.15. The fourth-order valence-electron chi connectivity index (χ4n) is 1.66. The Hall–Kier alpha value is -0.760. The van der Waals surface area contributed by atoms with E-state index in [0.29, 0.717) is 6.04 Å². The fraction of sp³-hybridized carbons (Fsp3) is 0.600. The van der Waals surface area contributed by atoms with Gasteiger partial charge in [0.15, 0.2) is 0 Å². The van der Waals surface area contributed by atoms with Crippen molar-refractivity contribution in [1.29, 1.82) is 0 Å². The Morgan fingerprint density at radius 3 is 2.67 bits per heavy atom. The van der Waals surface area contributed by atoms with Gasteiger partial charge < -0.3 is 9.73 Å². The monoisotopic (exact) mass is 165 g/mol. The molecule has 1 aromatic rings. The number of furan rings is 1. The van der Waals surface area contributed by atoms with Crippen molar-refractivity contribution in [3.8, 4) is 0 Å². The summed E-state index contributed by atoms with van der Waals surface area (Å²) >= 11 is 0. The number of hydrogen-bond donors (Lipinski definition) is 1. The molecule has 2 heteroatoms. The molecule has 1 saturated carbocycles. The zero-order chi connectivity index (χ0) is 8.55. The first-order valence-electron chi connectivity index (χ1n) is 4.55. The predicted molar refractivity (Wildman–Crippen MR) is 48.0 cm³/mol. The number of hydrogen-bond acceptors (Lipinski definition) is 2. The first-order chi connectivity index (χ1) is 5.81. The molecule has 1 aromatic heterocycles. The van der Waals surface area contributed by atoms with Crippen molar-refractivity contribution in [2.45, 2.75) is 25.8 Å². The summed E-state index contributed by atoms with van der Waals surface area (Å²) in [4.78, 5) is 0. The minimum Gasteiger partial charge on any atom is -0.465 e. The van der Waals surface area contributed by atoms with Gasteiger partial charge in [-0.2, -0.15) is 0 Å². The molecule has 0 aliphatic heterocycles. The van der Waals surface area contributed by atoms with Gasteiger partial charge in [-0.3, -0.25) is 0 Å². The molecule has 0 saturated heterocycles. The number of aryl methyl sites for hydroxylation is 1. The molecule has 1 fully saturated rings. The fourth-order valence-corrected chi connectivity index (χ4v) is 1.66. The maximum absolute atomic E-state index is 5.58. The van der Waals surface area contributed by atoms with E-state index in [1.54, 1.807) is 0 Å². The van der Waals surface area contributed by atoms with E-state index in [9.17, 15) is 0 Å². The van der Waals surface area contributed by atoms with Gasteiger partial charge in [0.2, 0.25) is 0 Å². The van der Waals surface area contributed by atoms with E-state index in [-0.39, 0.29) is 0 Å². The zero-order valence-electron chi connectivity index (χ0n) is 7.63. The molecule has 12 heavy (non-hydrogen) atoms. The first kappa shape index (κ1) is 7.87. The van der Waals surface area contributed by atoms with Crippen LogP contribution >= 0.6 is 0 Å². The van der Waals surface area contributed by atoms with Gasteiger partial charge in [0, 0.05) is 0 Å². The summed E-state index contributed by atoms with van der Waals surface area (Å²) < 4.78 is 5.58. The lowest BCUT2D eigenvalue weighted by Gasteiger charge is -2.11. The molecular formula is C10H15NO. The smallest absolute Gasteiger partial charge is 0.121 e. The van der Waals surface area contributed by atoms with E-state index in [1.807, 2.05) is 20.0 Å². The number of nitrogens with one attached hydrogen (secondary N) is 1. The third-order valence-corrected chi connectivity index (χ3v) is 2.47. The highest BCUT2D eigenvalue weighted by molar-refractivity contribution is 5.12. The quantitative estimate of drug-likeness (QED) is 0.743. The van der Waals surface area contributed by atoms with Crippen molar-refractivity contribution in [2.75, 3.05) is 7.05 Å². The van der Waals surface area contributed by atoms with E-state index in [4.69, 9.17) is 4.42 Å². The minimum absolute atomic E-state index is 0.443. The van der Waals surface area contributed by atoms with Crippen LogP contribution in [0.1, 0.15) is 30.4 Å². The Bertz CT molecular complexity index is 263.